The van der Waals surface area contributed by atoms with Gasteiger partial charge in [-0.3, -0.25) is 0 Å². The van der Waals surface area contributed by atoms with Crippen LogP contribution in [0.25, 0.3) is 16.9 Å². The molecule has 0 aliphatic heterocycles. The molecule has 0 atom stereocenters. The second kappa shape index (κ2) is 5.20. The molecule has 0 spiro atoms. The van der Waals surface area contributed by atoms with E-state index in [0.29, 0.717) is 11.3 Å². The fourth-order valence-electron chi connectivity index (χ4n) is 1.76. The van der Waals surface area contributed by atoms with E-state index >= 15 is 0 Å². The van der Waals surface area contributed by atoms with Crippen molar-refractivity contribution in [3.8, 4) is 11.3 Å². The van der Waals surface area contributed by atoms with Crippen LogP contribution in [-0.2, 0) is 0 Å². The first kappa shape index (κ1) is 13.2. The third-order valence-corrected chi connectivity index (χ3v) is 3.06. The Kier molecular flexibility index (Phi) is 3.82. The maximum atomic E-state index is 13.8. The minimum Gasteiger partial charge on any atom is -0.306 e. The Labute approximate surface area is 122 Å². The number of pyridine rings is 1. The molecule has 0 fully saturated rings. The third kappa shape index (κ3) is 2.33. The molecule has 0 bridgehead atoms. The van der Waals surface area contributed by atoms with Crippen LogP contribution < -0.4 is 0 Å². The number of benzene rings is 1. The summed E-state index contributed by atoms with van der Waals surface area (Å²) >= 11 is 3.24. The molecule has 2 nitrogen and oxygen atoms in total. The summed E-state index contributed by atoms with van der Waals surface area (Å²) in [6.07, 6.45) is 3.71. The highest BCUT2D eigenvalue weighted by Crippen LogP contribution is 2.25. The summed E-state index contributed by atoms with van der Waals surface area (Å²) in [7, 11) is 0. The highest BCUT2D eigenvalue weighted by Gasteiger charge is 2.09. The lowest BCUT2D eigenvalue weighted by Gasteiger charge is -1.98. The minimum atomic E-state index is -0.275. The first-order valence-electron chi connectivity index (χ1n) is 5.13. The van der Waals surface area contributed by atoms with Gasteiger partial charge in [0.25, 0.3) is 0 Å². The van der Waals surface area contributed by atoms with Gasteiger partial charge >= 0.3 is 0 Å². The SMILES string of the molecule is Br.Fc1cc(Br)ccc1-c1cn2ccccc2n1. The lowest BCUT2D eigenvalue weighted by molar-refractivity contribution is 0.630. The molecule has 1 aromatic carbocycles. The van der Waals surface area contributed by atoms with Crippen LogP contribution in [0.1, 0.15) is 0 Å². The van der Waals surface area contributed by atoms with E-state index in [1.54, 1.807) is 6.07 Å². The van der Waals surface area contributed by atoms with Crippen molar-refractivity contribution in [2.75, 3.05) is 0 Å². The number of imidazole rings is 1. The average molecular weight is 372 g/mol. The second-order valence-corrected chi connectivity index (χ2v) is 4.63. The van der Waals surface area contributed by atoms with Crippen molar-refractivity contribution in [1.29, 1.82) is 0 Å². The Bertz CT molecular complexity index is 661. The monoisotopic (exact) mass is 370 g/mol. The minimum absolute atomic E-state index is 0. The van der Waals surface area contributed by atoms with Crippen molar-refractivity contribution in [3.05, 3.63) is 59.1 Å². The van der Waals surface area contributed by atoms with Crippen LogP contribution in [0.15, 0.2) is 53.3 Å². The molecule has 0 radical (unpaired) electrons. The van der Waals surface area contributed by atoms with E-state index in [-0.39, 0.29) is 22.8 Å². The van der Waals surface area contributed by atoms with Crippen LogP contribution in [0.4, 0.5) is 4.39 Å². The van der Waals surface area contributed by atoms with Crippen molar-refractivity contribution in [1.82, 2.24) is 9.38 Å². The van der Waals surface area contributed by atoms with Crippen LogP contribution in [0.2, 0.25) is 0 Å². The molecule has 3 rings (SSSR count). The molecule has 0 aliphatic carbocycles. The van der Waals surface area contributed by atoms with Crippen LogP contribution in [0, 0.1) is 5.82 Å². The van der Waals surface area contributed by atoms with Crippen LogP contribution >= 0.6 is 32.9 Å². The van der Waals surface area contributed by atoms with E-state index in [1.165, 1.54) is 6.07 Å². The fourth-order valence-corrected chi connectivity index (χ4v) is 2.09. The Morgan fingerprint density at radius 2 is 2.00 bits per heavy atom. The van der Waals surface area contributed by atoms with E-state index in [1.807, 2.05) is 41.1 Å². The van der Waals surface area contributed by atoms with Crippen LogP contribution in [0.5, 0.6) is 0 Å². The molecule has 2 heterocycles. The standard InChI is InChI=1S/C13H8BrFN2.BrH/c14-9-4-5-10(11(15)7-9)12-8-17-6-2-1-3-13(17)16-12;/h1-8H;1H. The van der Waals surface area contributed by atoms with Crippen molar-refractivity contribution in [2.24, 2.45) is 0 Å². The normalized spacial score (nSPS) is 10.3. The quantitative estimate of drug-likeness (QED) is 0.616. The van der Waals surface area contributed by atoms with Gasteiger partial charge < -0.3 is 4.40 Å². The Balaban J connectivity index is 0.00000120. The van der Waals surface area contributed by atoms with Gasteiger partial charge in [-0.2, -0.15) is 0 Å². The summed E-state index contributed by atoms with van der Waals surface area (Å²) in [6, 6.07) is 10.7. The summed E-state index contributed by atoms with van der Waals surface area (Å²) < 4.78 is 16.4. The van der Waals surface area contributed by atoms with Gasteiger partial charge in [0, 0.05) is 22.4 Å². The molecule has 3 aromatic rings. The number of fused-ring (bicyclic) bond motifs is 1. The van der Waals surface area contributed by atoms with Gasteiger partial charge in [-0.1, -0.05) is 22.0 Å². The van der Waals surface area contributed by atoms with Crippen molar-refractivity contribution < 1.29 is 4.39 Å². The Morgan fingerprint density at radius 1 is 1.17 bits per heavy atom. The summed E-state index contributed by atoms with van der Waals surface area (Å²) in [4.78, 5) is 4.38. The maximum Gasteiger partial charge on any atom is 0.137 e. The number of hydrogen-bond acceptors (Lipinski definition) is 1. The van der Waals surface area contributed by atoms with Crippen LogP contribution in [0.3, 0.4) is 0 Å². The molecule has 0 amide bonds. The second-order valence-electron chi connectivity index (χ2n) is 3.72. The topological polar surface area (TPSA) is 17.3 Å². The molecule has 2 aromatic heterocycles. The van der Waals surface area contributed by atoms with E-state index in [9.17, 15) is 4.39 Å². The van der Waals surface area contributed by atoms with E-state index < -0.39 is 0 Å². The number of aromatic nitrogens is 2. The first-order valence-corrected chi connectivity index (χ1v) is 5.92. The smallest absolute Gasteiger partial charge is 0.137 e. The Hall–Kier alpha value is -1.20. The number of rotatable bonds is 1. The molecule has 0 saturated heterocycles. The molecular weight excluding hydrogens is 363 g/mol. The number of halogens is 3. The van der Waals surface area contributed by atoms with E-state index in [0.717, 1.165) is 10.1 Å². The summed E-state index contributed by atoms with van der Waals surface area (Å²) in [6.45, 7) is 0. The highest BCUT2D eigenvalue weighted by molar-refractivity contribution is 9.10. The predicted molar refractivity (Wildman–Crippen MR) is 78.6 cm³/mol. The molecule has 18 heavy (non-hydrogen) atoms. The molecular formula is C13H9Br2FN2. The van der Waals surface area contributed by atoms with E-state index in [2.05, 4.69) is 20.9 Å². The lowest BCUT2D eigenvalue weighted by atomic mass is 10.1. The first-order chi connectivity index (χ1) is 8.24. The van der Waals surface area contributed by atoms with Gasteiger partial charge in [-0.15, -0.1) is 17.0 Å². The van der Waals surface area contributed by atoms with Crippen molar-refractivity contribution >= 4 is 38.6 Å². The zero-order valence-corrected chi connectivity index (χ0v) is 12.5. The average Bonchev–Trinajstić information content (AvgIpc) is 2.72. The van der Waals surface area contributed by atoms with Gasteiger partial charge in [0.2, 0.25) is 0 Å². The molecule has 0 saturated carbocycles. The fraction of sp³-hybridized carbons (Fsp3) is 0. The van der Waals surface area contributed by atoms with Gasteiger partial charge in [0.15, 0.2) is 0 Å². The van der Waals surface area contributed by atoms with Gasteiger partial charge in [0.1, 0.15) is 11.5 Å². The third-order valence-electron chi connectivity index (χ3n) is 2.57. The summed E-state index contributed by atoms with van der Waals surface area (Å²) in [5, 5.41) is 0. The number of hydrogen-bond donors (Lipinski definition) is 0. The zero-order valence-electron chi connectivity index (χ0n) is 9.18. The van der Waals surface area contributed by atoms with E-state index in [4.69, 9.17) is 0 Å². The Morgan fingerprint density at radius 3 is 2.72 bits per heavy atom. The van der Waals surface area contributed by atoms with Gasteiger partial charge in [-0.25, -0.2) is 9.37 Å². The molecule has 0 aliphatic rings. The highest BCUT2D eigenvalue weighted by atomic mass is 79.9. The summed E-state index contributed by atoms with van der Waals surface area (Å²) in [5.74, 6) is -0.275. The van der Waals surface area contributed by atoms with Crippen LogP contribution in [-0.4, -0.2) is 9.38 Å². The largest absolute Gasteiger partial charge is 0.306 e. The molecule has 92 valence electrons. The molecule has 5 heteroatoms. The molecule has 0 unspecified atom stereocenters. The molecule has 0 N–H and O–H groups in total. The van der Waals surface area contributed by atoms with Gasteiger partial charge in [-0.05, 0) is 30.3 Å². The van der Waals surface area contributed by atoms with Gasteiger partial charge in [0.05, 0.1) is 5.69 Å². The predicted octanol–water partition coefficient (Wildman–Crippen LogP) is 4.48. The van der Waals surface area contributed by atoms with Crippen molar-refractivity contribution in [3.63, 3.8) is 0 Å². The van der Waals surface area contributed by atoms with Crippen molar-refractivity contribution in [2.45, 2.75) is 0 Å². The zero-order chi connectivity index (χ0) is 11.8. The summed E-state index contributed by atoms with van der Waals surface area (Å²) in [5.41, 5.74) is 1.96. The maximum absolute atomic E-state index is 13.8. The number of nitrogens with zero attached hydrogens (tertiary/aromatic N) is 2. The lowest BCUT2D eigenvalue weighted by Crippen LogP contribution is -1.83.